The smallest absolute Gasteiger partial charge is 0.269 e. The summed E-state index contributed by atoms with van der Waals surface area (Å²) in [6, 6.07) is 0. The van der Waals surface area contributed by atoms with Crippen molar-refractivity contribution < 1.29 is 0 Å². The van der Waals surface area contributed by atoms with Gasteiger partial charge in [0, 0.05) is 32.2 Å². The van der Waals surface area contributed by atoms with Crippen molar-refractivity contribution in [3.63, 3.8) is 0 Å². The van der Waals surface area contributed by atoms with Crippen molar-refractivity contribution in [1.29, 1.82) is 0 Å². The normalized spacial score (nSPS) is 19.7. The van der Waals surface area contributed by atoms with Crippen molar-refractivity contribution in [3.8, 4) is 0 Å². The maximum atomic E-state index is 11.8. The Morgan fingerprint density at radius 3 is 3.06 bits per heavy atom. The molecular formula is C14H19N3O. The Bertz CT molecular complexity index is 562. The van der Waals surface area contributed by atoms with Crippen molar-refractivity contribution in [2.45, 2.75) is 25.8 Å². The summed E-state index contributed by atoms with van der Waals surface area (Å²) in [6.07, 6.45) is 9.99. The van der Waals surface area contributed by atoms with Crippen LogP contribution in [0.2, 0.25) is 0 Å². The summed E-state index contributed by atoms with van der Waals surface area (Å²) in [5.74, 6) is 0. The monoisotopic (exact) mass is 245 g/mol. The molecule has 0 fully saturated rings. The fourth-order valence-corrected chi connectivity index (χ4v) is 2.79. The molecule has 1 aliphatic heterocycles. The Kier molecular flexibility index (Phi) is 2.96. The molecule has 1 aromatic rings. The van der Waals surface area contributed by atoms with Crippen molar-refractivity contribution >= 4 is 0 Å². The Morgan fingerprint density at radius 2 is 2.28 bits per heavy atom. The van der Waals surface area contributed by atoms with Gasteiger partial charge in [0.25, 0.3) is 5.56 Å². The Balaban J connectivity index is 1.73. The largest absolute Gasteiger partial charge is 0.298 e. The number of nitrogens with zero attached hydrogens (tertiary/aromatic N) is 2. The number of H-pyrrole nitrogens is 1. The van der Waals surface area contributed by atoms with E-state index >= 15 is 0 Å². The van der Waals surface area contributed by atoms with Crippen molar-refractivity contribution in [1.82, 2.24) is 14.7 Å². The van der Waals surface area contributed by atoms with Gasteiger partial charge in [-0.1, -0.05) is 18.2 Å². The van der Waals surface area contributed by atoms with Crippen molar-refractivity contribution in [2.24, 2.45) is 7.05 Å². The van der Waals surface area contributed by atoms with Crippen LogP contribution in [0.4, 0.5) is 0 Å². The summed E-state index contributed by atoms with van der Waals surface area (Å²) in [7, 11) is 1.79. The van der Waals surface area contributed by atoms with Gasteiger partial charge in [0.1, 0.15) is 0 Å². The minimum absolute atomic E-state index is 0.140. The molecule has 0 bridgehead atoms. The third-order valence-electron chi connectivity index (χ3n) is 3.77. The van der Waals surface area contributed by atoms with E-state index in [0.29, 0.717) is 0 Å². The van der Waals surface area contributed by atoms with Crippen LogP contribution in [-0.4, -0.2) is 27.8 Å². The van der Waals surface area contributed by atoms with E-state index in [1.54, 1.807) is 11.7 Å². The lowest BCUT2D eigenvalue weighted by Crippen LogP contribution is -2.33. The van der Waals surface area contributed by atoms with Crippen LogP contribution in [0.25, 0.3) is 0 Å². The lowest BCUT2D eigenvalue weighted by Gasteiger charge is -2.26. The van der Waals surface area contributed by atoms with Gasteiger partial charge in [-0.3, -0.25) is 19.5 Å². The van der Waals surface area contributed by atoms with Gasteiger partial charge in [-0.2, -0.15) is 0 Å². The molecule has 18 heavy (non-hydrogen) atoms. The van der Waals surface area contributed by atoms with Gasteiger partial charge in [-0.05, 0) is 24.8 Å². The van der Waals surface area contributed by atoms with Crippen LogP contribution >= 0.6 is 0 Å². The number of hydrogen-bond donors (Lipinski definition) is 1. The van der Waals surface area contributed by atoms with E-state index in [2.05, 4.69) is 28.2 Å². The molecule has 2 heterocycles. The van der Waals surface area contributed by atoms with E-state index in [0.717, 1.165) is 43.7 Å². The number of hydrogen-bond acceptors (Lipinski definition) is 2. The molecule has 0 radical (unpaired) electrons. The third-order valence-corrected chi connectivity index (χ3v) is 3.77. The second kappa shape index (κ2) is 4.61. The number of aromatic amines is 1. The molecule has 1 aromatic heterocycles. The molecular weight excluding hydrogens is 226 g/mol. The quantitative estimate of drug-likeness (QED) is 0.854. The highest BCUT2D eigenvalue weighted by Crippen LogP contribution is 2.17. The number of rotatable bonds is 2. The lowest BCUT2D eigenvalue weighted by atomic mass is 10.0. The summed E-state index contributed by atoms with van der Waals surface area (Å²) in [5, 5.41) is 3.16. The molecule has 4 nitrogen and oxygen atoms in total. The summed E-state index contributed by atoms with van der Waals surface area (Å²) >= 11 is 0. The van der Waals surface area contributed by atoms with Crippen molar-refractivity contribution in [3.05, 3.63) is 45.4 Å². The number of fused-ring (bicyclic) bond motifs is 1. The summed E-state index contributed by atoms with van der Waals surface area (Å²) in [4.78, 5) is 14.2. The first kappa shape index (κ1) is 11.5. The van der Waals surface area contributed by atoms with Gasteiger partial charge in [0.2, 0.25) is 0 Å². The molecule has 0 amide bonds. The number of aryl methyl sites for hydroxylation is 1. The molecule has 0 unspecified atom stereocenters. The predicted octanol–water partition coefficient (Wildman–Crippen LogP) is 1.35. The molecule has 0 spiro atoms. The van der Waals surface area contributed by atoms with Crippen LogP contribution in [0.5, 0.6) is 0 Å². The summed E-state index contributed by atoms with van der Waals surface area (Å²) in [5.41, 5.74) is 3.61. The zero-order valence-electron chi connectivity index (χ0n) is 10.8. The molecule has 2 aliphatic rings. The van der Waals surface area contributed by atoms with Crippen LogP contribution in [0, 0.1) is 0 Å². The van der Waals surface area contributed by atoms with Crippen LogP contribution in [0.1, 0.15) is 24.1 Å². The van der Waals surface area contributed by atoms with E-state index in [1.165, 1.54) is 12.0 Å². The third kappa shape index (κ3) is 2.08. The van der Waals surface area contributed by atoms with E-state index in [1.807, 2.05) is 0 Å². The van der Waals surface area contributed by atoms with Gasteiger partial charge < -0.3 is 0 Å². The Hall–Kier alpha value is -1.55. The van der Waals surface area contributed by atoms with E-state index < -0.39 is 0 Å². The molecule has 0 aromatic carbocycles. The highest BCUT2D eigenvalue weighted by molar-refractivity contribution is 5.25. The zero-order valence-corrected chi connectivity index (χ0v) is 10.8. The number of nitrogens with one attached hydrogen (secondary N) is 1. The molecule has 3 rings (SSSR count). The number of aromatic nitrogens is 2. The van der Waals surface area contributed by atoms with E-state index in [-0.39, 0.29) is 5.56 Å². The van der Waals surface area contributed by atoms with Crippen LogP contribution in [-0.2, 0) is 20.0 Å². The van der Waals surface area contributed by atoms with E-state index in [9.17, 15) is 4.79 Å². The highest BCUT2D eigenvalue weighted by atomic mass is 16.1. The molecule has 96 valence electrons. The Labute approximate surface area is 107 Å². The Morgan fingerprint density at radius 1 is 1.39 bits per heavy atom. The highest BCUT2D eigenvalue weighted by Gasteiger charge is 2.21. The van der Waals surface area contributed by atoms with Gasteiger partial charge in [-0.25, -0.2) is 0 Å². The van der Waals surface area contributed by atoms with Crippen LogP contribution in [0.15, 0.2) is 28.6 Å². The van der Waals surface area contributed by atoms with Crippen LogP contribution in [0.3, 0.4) is 0 Å². The maximum Gasteiger partial charge on any atom is 0.269 e. The van der Waals surface area contributed by atoms with Gasteiger partial charge in [-0.15, -0.1) is 0 Å². The predicted molar refractivity (Wildman–Crippen MR) is 71.5 cm³/mol. The lowest BCUT2D eigenvalue weighted by molar-refractivity contribution is 0.273. The molecule has 0 saturated carbocycles. The standard InChI is InChI=1S/C14H19N3O/c1-16-14(18)12-7-8-17(10-13(12)15-16)9-11-5-3-2-4-6-11/h3,5-6,15H,2,4,7-10H2,1H3. The maximum absolute atomic E-state index is 11.8. The first-order valence-electron chi connectivity index (χ1n) is 6.59. The van der Waals surface area contributed by atoms with E-state index in [4.69, 9.17) is 0 Å². The van der Waals surface area contributed by atoms with Crippen LogP contribution < -0.4 is 5.56 Å². The van der Waals surface area contributed by atoms with Gasteiger partial charge in [0.05, 0.1) is 5.69 Å². The van der Waals surface area contributed by atoms with Gasteiger partial charge >= 0.3 is 0 Å². The van der Waals surface area contributed by atoms with Crippen molar-refractivity contribution in [2.75, 3.05) is 13.1 Å². The second-order valence-corrected chi connectivity index (χ2v) is 5.15. The first-order valence-corrected chi connectivity index (χ1v) is 6.59. The molecule has 0 atom stereocenters. The fourth-order valence-electron chi connectivity index (χ4n) is 2.79. The topological polar surface area (TPSA) is 41.0 Å². The molecule has 4 heteroatoms. The average molecular weight is 245 g/mol. The minimum Gasteiger partial charge on any atom is -0.298 e. The molecule has 1 N–H and O–H groups in total. The second-order valence-electron chi connectivity index (χ2n) is 5.15. The minimum atomic E-state index is 0.140. The summed E-state index contributed by atoms with van der Waals surface area (Å²) < 4.78 is 1.59. The SMILES string of the molecule is Cn1[nH]c2c(c1=O)CCN(CC1=CCCC=C1)C2. The van der Waals surface area contributed by atoms with Gasteiger partial charge in [0.15, 0.2) is 0 Å². The molecule has 0 saturated heterocycles. The zero-order chi connectivity index (χ0) is 12.5. The number of allylic oxidation sites excluding steroid dienone is 2. The first-order chi connectivity index (χ1) is 8.74. The summed E-state index contributed by atoms with van der Waals surface area (Å²) in [6.45, 7) is 2.83. The average Bonchev–Trinajstić information content (AvgIpc) is 2.66. The molecule has 1 aliphatic carbocycles. The fraction of sp³-hybridized carbons (Fsp3) is 0.500.